The van der Waals surface area contributed by atoms with Gasteiger partial charge in [0.25, 0.3) is 0 Å². The number of likely N-dealkylation sites (N-methyl/N-ethyl adjacent to an activating group) is 1. The van der Waals surface area contributed by atoms with Crippen molar-refractivity contribution in [1.29, 1.82) is 0 Å². The second-order valence-corrected chi connectivity index (χ2v) is 3.41. The Labute approximate surface area is 90.4 Å². The Hall–Kier alpha value is -1.64. The molecule has 3 nitrogen and oxygen atoms in total. The fourth-order valence-corrected chi connectivity index (χ4v) is 1.32. The van der Waals surface area contributed by atoms with Crippen LogP contribution in [0.5, 0.6) is 0 Å². The van der Waals surface area contributed by atoms with Crippen molar-refractivity contribution in [2.24, 2.45) is 0 Å². The summed E-state index contributed by atoms with van der Waals surface area (Å²) in [5.41, 5.74) is 1.09. The normalized spacial score (nSPS) is 12.7. The average molecular weight is 204 g/mol. The fourth-order valence-electron chi connectivity index (χ4n) is 1.32. The zero-order chi connectivity index (χ0) is 11.3. The van der Waals surface area contributed by atoms with E-state index in [2.05, 4.69) is 4.98 Å². The van der Waals surface area contributed by atoms with Crippen molar-refractivity contribution in [3.63, 3.8) is 0 Å². The van der Waals surface area contributed by atoms with Crippen LogP contribution in [-0.2, 0) is 4.79 Å². The Morgan fingerprint density at radius 1 is 1.47 bits per heavy atom. The van der Waals surface area contributed by atoms with Gasteiger partial charge in [-0.1, -0.05) is 6.08 Å². The van der Waals surface area contributed by atoms with Gasteiger partial charge in [0.2, 0.25) is 5.91 Å². The summed E-state index contributed by atoms with van der Waals surface area (Å²) in [5, 5.41) is 0. The van der Waals surface area contributed by atoms with E-state index in [0.29, 0.717) is 0 Å². The van der Waals surface area contributed by atoms with E-state index in [1.807, 2.05) is 26.0 Å². The second kappa shape index (κ2) is 5.29. The number of rotatable bonds is 3. The monoisotopic (exact) mass is 204 g/mol. The number of carbonyl (C=O) groups is 1. The van der Waals surface area contributed by atoms with Crippen molar-refractivity contribution in [1.82, 2.24) is 9.88 Å². The zero-order valence-corrected chi connectivity index (χ0v) is 9.34. The molecule has 1 atom stereocenters. The number of hydrogen-bond acceptors (Lipinski definition) is 2. The maximum atomic E-state index is 11.6. The number of nitrogens with zero attached hydrogens (tertiary/aromatic N) is 2. The Kier molecular flexibility index (Phi) is 4.03. The fraction of sp³-hybridized carbons (Fsp3) is 0.333. The minimum atomic E-state index is 0.0156. The highest BCUT2D eigenvalue weighted by molar-refractivity contribution is 5.87. The Bertz CT molecular complexity index is 346. The molecule has 0 saturated carbocycles. The topological polar surface area (TPSA) is 33.2 Å². The summed E-state index contributed by atoms with van der Waals surface area (Å²) in [7, 11) is 1.80. The van der Waals surface area contributed by atoms with Crippen molar-refractivity contribution in [2.75, 3.05) is 7.05 Å². The SMILES string of the molecule is CC=CC(=O)N(C)C(C)c1ccncc1. The van der Waals surface area contributed by atoms with Crippen LogP contribution in [0.2, 0.25) is 0 Å². The number of hydrogen-bond donors (Lipinski definition) is 0. The van der Waals surface area contributed by atoms with Gasteiger partial charge in [-0.3, -0.25) is 9.78 Å². The van der Waals surface area contributed by atoms with Gasteiger partial charge in [-0.2, -0.15) is 0 Å². The van der Waals surface area contributed by atoms with Crippen LogP contribution in [0, 0.1) is 0 Å². The lowest BCUT2D eigenvalue weighted by Crippen LogP contribution is -2.27. The van der Waals surface area contributed by atoms with Crippen LogP contribution in [0.1, 0.15) is 25.5 Å². The number of aromatic nitrogens is 1. The van der Waals surface area contributed by atoms with Crippen molar-refractivity contribution in [2.45, 2.75) is 19.9 Å². The van der Waals surface area contributed by atoms with E-state index < -0.39 is 0 Å². The van der Waals surface area contributed by atoms with Gasteiger partial charge >= 0.3 is 0 Å². The summed E-state index contributed by atoms with van der Waals surface area (Å²) in [5.74, 6) is 0.0156. The first-order chi connectivity index (χ1) is 7.16. The van der Waals surface area contributed by atoms with Crippen LogP contribution in [0.25, 0.3) is 0 Å². The minimum Gasteiger partial charge on any atom is -0.335 e. The van der Waals surface area contributed by atoms with Crippen LogP contribution in [0.4, 0.5) is 0 Å². The van der Waals surface area contributed by atoms with Gasteiger partial charge in [-0.05, 0) is 37.6 Å². The summed E-state index contributed by atoms with van der Waals surface area (Å²) in [6, 6.07) is 3.91. The van der Waals surface area contributed by atoms with Gasteiger partial charge in [-0.25, -0.2) is 0 Å². The van der Waals surface area contributed by atoms with E-state index in [4.69, 9.17) is 0 Å². The molecule has 0 radical (unpaired) electrons. The van der Waals surface area contributed by atoms with Gasteiger partial charge in [0.15, 0.2) is 0 Å². The zero-order valence-electron chi connectivity index (χ0n) is 9.34. The first-order valence-corrected chi connectivity index (χ1v) is 4.96. The summed E-state index contributed by atoms with van der Waals surface area (Å²) in [4.78, 5) is 17.2. The van der Waals surface area contributed by atoms with Crippen LogP contribution in [0.15, 0.2) is 36.7 Å². The smallest absolute Gasteiger partial charge is 0.246 e. The van der Waals surface area contributed by atoms with Gasteiger partial charge in [0, 0.05) is 19.4 Å². The predicted molar refractivity (Wildman–Crippen MR) is 60.2 cm³/mol. The quantitative estimate of drug-likeness (QED) is 0.707. The first kappa shape index (κ1) is 11.4. The molecular weight excluding hydrogens is 188 g/mol. The van der Waals surface area contributed by atoms with E-state index in [9.17, 15) is 4.79 Å². The lowest BCUT2D eigenvalue weighted by Gasteiger charge is -2.23. The molecule has 1 unspecified atom stereocenters. The maximum Gasteiger partial charge on any atom is 0.246 e. The molecule has 1 heterocycles. The molecule has 0 aromatic carbocycles. The summed E-state index contributed by atoms with van der Waals surface area (Å²) in [6.45, 7) is 3.83. The predicted octanol–water partition coefficient (Wildman–Crippen LogP) is 2.18. The molecule has 80 valence electrons. The number of pyridine rings is 1. The van der Waals surface area contributed by atoms with Crippen molar-refractivity contribution in [3.05, 3.63) is 42.2 Å². The van der Waals surface area contributed by atoms with Crippen molar-refractivity contribution < 1.29 is 4.79 Å². The summed E-state index contributed by atoms with van der Waals surface area (Å²) < 4.78 is 0. The van der Waals surface area contributed by atoms with Crippen LogP contribution >= 0.6 is 0 Å². The Balaban J connectivity index is 2.77. The largest absolute Gasteiger partial charge is 0.335 e. The lowest BCUT2D eigenvalue weighted by atomic mass is 10.1. The molecule has 15 heavy (non-hydrogen) atoms. The van der Waals surface area contributed by atoms with Gasteiger partial charge in [0.1, 0.15) is 0 Å². The van der Waals surface area contributed by atoms with Crippen LogP contribution in [-0.4, -0.2) is 22.8 Å². The molecule has 3 heteroatoms. The van der Waals surface area contributed by atoms with Crippen molar-refractivity contribution in [3.8, 4) is 0 Å². The van der Waals surface area contributed by atoms with E-state index in [1.54, 1.807) is 36.5 Å². The molecule has 0 saturated heterocycles. The standard InChI is InChI=1S/C12H16N2O/c1-4-5-12(15)14(3)10(2)11-6-8-13-9-7-11/h4-10H,1-3H3. The van der Waals surface area contributed by atoms with E-state index in [0.717, 1.165) is 5.56 Å². The number of amides is 1. The average Bonchev–Trinajstić information content (AvgIpc) is 2.28. The lowest BCUT2D eigenvalue weighted by molar-refractivity contribution is -0.126. The molecular formula is C12H16N2O. The summed E-state index contributed by atoms with van der Waals surface area (Å²) >= 11 is 0. The van der Waals surface area contributed by atoms with E-state index in [1.165, 1.54) is 0 Å². The van der Waals surface area contributed by atoms with Crippen molar-refractivity contribution >= 4 is 5.91 Å². The highest BCUT2D eigenvalue weighted by Gasteiger charge is 2.14. The van der Waals surface area contributed by atoms with Crippen LogP contribution < -0.4 is 0 Å². The third kappa shape index (κ3) is 2.91. The number of allylic oxidation sites excluding steroid dienone is 1. The Morgan fingerprint density at radius 3 is 2.60 bits per heavy atom. The highest BCUT2D eigenvalue weighted by atomic mass is 16.2. The highest BCUT2D eigenvalue weighted by Crippen LogP contribution is 2.17. The minimum absolute atomic E-state index is 0.0156. The van der Waals surface area contributed by atoms with Crippen LogP contribution in [0.3, 0.4) is 0 Å². The molecule has 1 aromatic heterocycles. The summed E-state index contributed by atoms with van der Waals surface area (Å²) in [6.07, 6.45) is 6.79. The molecule has 0 bridgehead atoms. The third-order valence-corrected chi connectivity index (χ3v) is 2.43. The molecule has 0 N–H and O–H groups in total. The van der Waals surface area contributed by atoms with E-state index >= 15 is 0 Å². The molecule has 0 spiro atoms. The third-order valence-electron chi connectivity index (χ3n) is 2.43. The molecule has 0 aliphatic rings. The van der Waals surface area contributed by atoms with Gasteiger partial charge in [0.05, 0.1) is 6.04 Å². The molecule has 1 amide bonds. The van der Waals surface area contributed by atoms with Gasteiger partial charge < -0.3 is 4.90 Å². The molecule has 1 aromatic rings. The Morgan fingerprint density at radius 2 is 2.07 bits per heavy atom. The molecule has 0 aliphatic heterocycles. The molecule has 0 fully saturated rings. The second-order valence-electron chi connectivity index (χ2n) is 3.41. The van der Waals surface area contributed by atoms with E-state index in [-0.39, 0.29) is 11.9 Å². The number of carbonyl (C=O) groups excluding carboxylic acids is 1. The molecule has 1 rings (SSSR count). The maximum absolute atomic E-state index is 11.6. The molecule has 0 aliphatic carbocycles. The first-order valence-electron chi connectivity index (χ1n) is 4.96. The van der Waals surface area contributed by atoms with Gasteiger partial charge in [-0.15, -0.1) is 0 Å².